The maximum Gasteiger partial charge on any atom is 0.277 e. The summed E-state index contributed by atoms with van der Waals surface area (Å²) in [6.45, 7) is 7.95. The normalized spacial score (nSPS) is 14.8. The molecule has 0 radical (unpaired) electrons. The van der Waals surface area contributed by atoms with Gasteiger partial charge in [0, 0.05) is 43.9 Å². The third-order valence-electron chi connectivity index (χ3n) is 6.28. The minimum atomic E-state index is -0.219. The van der Waals surface area contributed by atoms with Gasteiger partial charge in [0.25, 0.3) is 11.3 Å². The number of aryl methyl sites for hydroxylation is 2. The van der Waals surface area contributed by atoms with Crippen LogP contribution in [0.15, 0.2) is 53.3 Å². The third kappa shape index (κ3) is 4.52. The van der Waals surface area contributed by atoms with Gasteiger partial charge in [-0.3, -0.25) is 14.8 Å². The molecular weight excluding hydrogens is 419 g/mol. The SMILES string of the molecule is Cc1ccc(Cc2c(C)nc3nc(CN4CCN(c5ccc(F)cc5)CC4)[nH]n3c2=O)cc1. The highest BCUT2D eigenvalue weighted by molar-refractivity contribution is 5.46. The molecule has 1 saturated heterocycles. The predicted octanol–water partition coefficient (Wildman–Crippen LogP) is 3.09. The van der Waals surface area contributed by atoms with Crippen LogP contribution in [0, 0.1) is 19.7 Å². The summed E-state index contributed by atoms with van der Waals surface area (Å²) in [6, 6.07) is 14.8. The van der Waals surface area contributed by atoms with E-state index in [4.69, 9.17) is 0 Å². The zero-order valence-corrected chi connectivity index (χ0v) is 18.9. The number of piperazine rings is 1. The quantitative estimate of drug-likeness (QED) is 0.510. The Morgan fingerprint density at radius 3 is 2.33 bits per heavy atom. The fraction of sp³-hybridized carbons (Fsp3) is 0.320. The van der Waals surface area contributed by atoms with Crippen LogP contribution in [0.25, 0.3) is 5.78 Å². The van der Waals surface area contributed by atoms with Crippen molar-refractivity contribution < 1.29 is 4.39 Å². The number of rotatable bonds is 5. The summed E-state index contributed by atoms with van der Waals surface area (Å²) in [6.07, 6.45) is 0.542. The lowest BCUT2D eigenvalue weighted by Gasteiger charge is -2.35. The van der Waals surface area contributed by atoms with Crippen molar-refractivity contribution in [1.29, 1.82) is 0 Å². The number of fused-ring (bicyclic) bond motifs is 1. The zero-order chi connectivity index (χ0) is 22.9. The van der Waals surface area contributed by atoms with Gasteiger partial charge in [0.05, 0.1) is 12.2 Å². The van der Waals surface area contributed by atoms with Gasteiger partial charge in [-0.15, -0.1) is 0 Å². The van der Waals surface area contributed by atoms with Gasteiger partial charge < -0.3 is 4.90 Å². The first-order chi connectivity index (χ1) is 16.0. The van der Waals surface area contributed by atoms with Gasteiger partial charge in [0.2, 0.25) is 0 Å². The number of aromatic nitrogens is 4. The van der Waals surface area contributed by atoms with Crippen LogP contribution in [0.2, 0.25) is 0 Å². The second-order valence-electron chi connectivity index (χ2n) is 8.69. The van der Waals surface area contributed by atoms with E-state index < -0.39 is 0 Å². The Morgan fingerprint density at radius 1 is 0.939 bits per heavy atom. The van der Waals surface area contributed by atoms with Crippen LogP contribution in [0.3, 0.4) is 0 Å². The van der Waals surface area contributed by atoms with Crippen LogP contribution in [0.5, 0.6) is 0 Å². The monoisotopic (exact) mass is 446 g/mol. The Morgan fingerprint density at radius 2 is 1.64 bits per heavy atom. The van der Waals surface area contributed by atoms with Gasteiger partial charge in [-0.05, 0) is 43.7 Å². The number of halogens is 1. The topological polar surface area (TPSA) is 69.5 Å². The molecule has 0 atom stereocenters. The lowest BCUT2D eigenvalue weighted by Crippen LogP contribution is -2.46. The van der Waals surface area contributed by atoms with E-state index in [2.05, 4.69) is 37.0 Å². The highest BCUT2D eigenvalue weighted by Crippen LogP contribution is 2.18. The predicted molar refractivity (Wildman–Crippen MR) is 126 cm³/mol. The van der Waals surface area contributed by atoms with E-state index in [1.807, 2.05) is 38.1 Å². The standard InChI is InChI=1S/C25H27FN6O/c1-17-3-5-19(6-4-17)15-22-18(2)27-25-28-23(29-32(25)24(22)33)16-30-11-13-31(14-12-30)21-9-7-20(26)8-10-21/h3-10H,11-16H2,1-2H3,(H,27,28,29). The molecule has 0 unspecified atom stereocenters. The average molecular weight is 447 g/mol. The van der Waals surface area contributed by atoms with Gasteiger partial charge in [0.1, 0.15) is 11.6 Å². The highest BCUT2D eigenvalue weighted by Gasteiger charge is 2.20. The molecular formula is C25H27FN6O. The summed E-state index contributed by atoms with van der Waals surface area (Å²) in [5.41, 5.74) is 4.61. The van der Waals surface area contributed by atoms with E-state index >= 15 is 0 Å². The molecule has 2 aromatic heterocycles. The molecule has 33 heavy (non-hydrogen) atoms. The molecule has 0 saturated carbocycles. The molecule has 7 nitrogen and oxygen atoms in total. The second-order valence-corrected chi connectivity index (χ2v) is 8.69. The molecule has 0 spiro atoms. The van der Waals surface area contributed by atoms with Gasteiger partial charge in [-0.1, -0.05) is 29.8 Å². The minimum Gasteiger partial charge on any atom is -0.369 e. The van der Waals surface area contributed by atoms with Crippen LogP contribution in [0.4, 0.5) is 10.1 Å². The van der Waals surface area contributed by atoms with Crippen molar-refractivity contribution in [2.45, 2.75) is 26.8 Å². The van der Waals surface area contributed by atoms with E-state index in [9.17, 15) is 9.18 Å². The number of nitrogens with one attached hydrogen (secondary N) is 1. The first-order valence-corrected chi connectivity index (χ1v) is 11.2. The summed E-state index contributed by atoms with van der Waals surface area (Å²) in [7, 11) is 0. The molecule has 1 aliphatic rings. The Kier molecular flexibility index (Phi) is 5.68. The first kappa shape index (κ1) is 21.3. The fourth-order valence-electron chi connectivity index (χ4n) is 4.31. The van der Waals surface area contributed by atoms with E-state index in [1.165, 1.54) is 22.2 Å². The summed E-state index contributed by atoms with van der Waals surface area (Å²) < 4.78 is 14.6. The Balaban J connectivity index is 1.29. The van der Waals surface area contributed by atoms with Gasteiger partial charge in [-0.25, -0.2) is 9.37 Å². The van der Waals surface area contributed by atoms with Crippen molar-refractivity contribution in [3.63, 3.8) is 0 Å². The van der Waals surface area contributed by atoms with E-state index in [1.54, 1.807) is 0 Å². The highest BCUT2D eigenvalue weighted by atomic mass is 19.1. The molecule has 8 heteroatoms. The van der Waals surface area contributed by atoms with Gasteiger partial charge in [-0.2, -0.15) is 9.50 Å². The van der Waals surface area contributed by atoms with E-state index in [0.29, 0.717) is 30.0 Å². The van der Waals surface area contributed by atoms with Gasteiger partial charge >= 0.3 is 0 Å². The van der Waals surface area contributed by atoms with Crippen molar-refractivity contribution in [1.82, 2.24) is 24.5 Å². The molecule has 0 amide bonds. The second kappa shape index (κ2) is 8.78. The molecule has 1 fully saturated rings. The van der Waals surface area contributed by atoms with Crippen LogP contribution in [-0.4, -0.2) is 50.7 Å². The van der Waals surface area contributed by atoms with Crippen molar-refractivity contribution in [2.24, 2.45) is 0 Å². The van der Waals surface area contributed by atoms with Gasteiger partial charge in [0.15, 0.2) is 0 Å². The van der Waals surface area contributed by atoms with Crippen LogP contribution >= 0.6 is 0 Å². The van der Waals surface area contributed by atoms with Crippen molar-refractivity contribution in [2.75, 3.05) is 31.1 Å². The number of hydrogen-bond acceptors (Lipinski definition) is 5. The summed E-state index contributed by atoms with van der Waals surface area (Å²) in [5, 5.41) is 3.16. The summed E-state index contributed by atoms with van der Waals surface area (Å²) in [5.74, 6) is 0.912. The molecule has 1 aliphatic heterocycles. The lowest BCUT2D eigenvalue weighted by atomic mass is 10.0. The molecule has 0 bridgehead atoms. The number of H-pyrrole nitrogens is 1. The number of aromatic amines is 1. The lowest BCUT2D eigenvalue weighted by molar-refractivity contribution is 0.244. The molecule has 1 N–H and O–H groups in total. The van der Waals surface area contributed by atoms with Crippen LogP contribution in [-0.2, 0) is 13.0 Å². The van der Waals surface area contributed by atoms with E-state index in [-0.39, 0.29) is 11.4 Å². The smallest absolute Gasteiger partial charge is 0.277 e. The number of hydrogen-bond donors (Lipinski definition) is 1. The molecule has 4 aromatic rings. The first-order valence-electron chi connectivity index (χ1n) is 11.2. The number of nitrogens with zero attached hydrogens (tertiary/aromatic N) is 5. The van der Waals surface area contributed by atoms with Crippen molar-refractivity contribution in [3.8, 4) is 0 Å². The van der Waals surface area contributed by atoms with Crippen molar-refractivity contribution >= 4 is 11.5 Å². The Labute approximate surface area is 191 Å². The minimum absolute atomic E-state index is 0.0991. The fourth-order valence-corrected chi connectivity index (χ4v) is 4.31. The number of benzene rings is 2. The summed E-state index contributed by atoms with van der Waals surface area (Å²) >= 11 is 0. The molecule has 170 valence electrons. The number of anilines is 1. The maximum absolute atomic E-state index is 13.2. The largest absolute Gasteiger partial charge is 0.369 e. The zero-order valence-electron chi connectivity index (χ0n) is 18.9. The third-order valence-corrected chi connectivity index (χ3v) is 6.28. The summed E-state index contributed by atoms with van der Waals surface area (Å²) in [4.78, 5) is 26.9. The molecule has 3 heterocycles. The molecule has 5 rings (SSSR count). The Bertz CT molecular complexity index is 1320. The molecule has 0 aliphatic carbocycles. The van der Waals surface area contributed by atoms with Crippen molar-refractivity contribution in [3.05, 3.63) is 92.9 Å². The maximum atomic E-state index is 13.2. The Hall–Kier alpha value is -3.52. The van der Waals surface area contributed by atoms with Crippen LogP contribution in [0.1, 0.15) is 28.2 Å². The van der Waals surface area contributed by atoms with Crippen LogP contribution < -0.4 is 10.5 Å². The average Bonchev–Trinajstić information content (AvgIpc) is 3.21. The molecule has 2 aromatic carbocycles. The van der Waals surface area contributed by atoms with E-state index in [0.717, 1.165) is 43.3 Å².